The van der Waals surface area contributed by atoms with E-state index in [1.54, 1.807) is 36.7 Å². The van der Waals surface area contributed by atoms with Crippen LogP contribution in [0.2, 0.25) is 0 Å². The molecular weight excluding hydrogens is 278 g/mol. The van der Waals surface area contributed by atoms with Crippen molar-refractivity contribution in [2.45, 2.75) is 13.3 Å². The highest BCUT2D eigenvalue weighted by atomic mass is 16.5. The summed E-state index contributed by atoms with van der Waals surface area (Å²) < 4.78 is 5.46. The van der Waals surface area contributed by atoms with Crippen LogP contribution in [0.1, 0.15) is 12.5 Å². The normalized spacial score (nSPS) is 11.3. The van der Waals surface area contributed by atoms with Crippen molar-refractivity contribution < 1.29 is 9.53 Å². The van der Waals surface area contributed by atoms with E-state index in [9.17, 15) is 10.1 Å². The third-order valence-electron chi connectivity index (χ3n) is 3.08. The summed E-state index contributed by atoms with van der Waals surface area (Å²) in [5.41, 5.74) is 1.42. The summed E-state index contributed by atoms with van der Waals surface area (Å²) in [5, 5.41) is 12.0. The maximum absolute atomic E-state index is 12.3. The second kappa shape index (κ2) is 7.79. The van der Waals surface area contributed by atoms with Crippen LogP contribution in [-0.2, 0) is 11.2 Å². The third kappa shape index (κ3) is 4.06. The maximum Gasteiger partial charge on any atom is 0.242 e. The minimum Gasteiger partial charge on any atom is -0.492 e. The molecule has 1 aromatic carbocycles. The molecule has 0 bridgehead atoms. The summed E-state index contributed by atoms with van der Waals surface area (Å²) in [4.78, 5) is 16.3. The van der Waals surface area contributed by atoms with E-state index in [4.69, 9.17) is 4.74 Å². The first kappa shape index (κ1) is 15.5. The Morgan fingerprint density at radius 2 is 2.18 bits per heavy atom. The number of hydrogen-bond acceptors (Lipinski definition) is 4. The summed E-state index contributed by atoms with van der Waals surface area (Å²) in [6.45, 7) is 2.38. The Hall–Kier alpha value is -2.87. The van der Waals surface area contributed by atoms with Crippen molar-refractivity contribution in [2.75, 3.05) is 11.9 Å². The molecule has 2 aromatic rings. The van der Waals surface area contributed by atoms with Gasteiger partial charge in [0.2, 0.25) is 5.91 Å². The van der Waals surface area contributed by atoms with Gasteiger partial charge in [-0.25, -0.2) is 0 Å². The van der Waals surface area contributed by atoms with Crippen molar-refractivity contribution in [3.05, 3.63) is 54.4 Å². The van der Waals surface area contributed by atoms with Gasteiger partial charge in [0.05, 0.1) is 18.4 Å². The molecule has 22 heavy (non-hydrogen) atoms. The van der Waals surface area contributed by atoms with E-state index in [0.717, 1.165) is 5.56 Å². The highest BCUT2D eigenvalue weighted by molar-refractivity contribution is 5.95. The van der Waals surface area contributed by atoms with Crippen molar-refractivity contribution >= 4 is 11.6 Å². The number of hydrogen-bond donors (Lipinski definition) is 1. The highest BCUT2D eigenvalue weighted by Crippen LogP contribution is 2.24. The molecule has 0 fully saturated rings. The average molecular weight is 295 g/mol. The van der Waals surface area contributed by atoms with Crippen LogP contribution in [0.3, 0.4) is 0 Å². The molecule has 1 heterocycles. The Morgan fingerprint density at radius 3 is 2.86 bits per heavy atom. The number of benzene rings is 1. The molecule has 2 rings (SSSR count). The van der Waals surface area contributed by atoms with Crippen LogP contribution < -0.4 is 10.1 Å². The molecule has 112 valence electrons. The van der Waals surface area contributed by atoms with E-state index in [1.165, 1.54) is 0 Å². The maximum atomic E-state index is 12.3. The zero-order valence-electron chi connectivity index (χ0n) is 12.3. The number of amides is 1. The van der Waals surface area contributed by atoms with Gasteiger partial charge in [0.1, 0.15) is 11.7 Å². The summed E-state index contributed by atoms with van der Waals surface area (Å²) in [5.74, 6) is -0.534. The molecular formula is C17H17N3O2. The Bertz CT molecular complexity index is 665. The lowest BCUT2D eigenvalue weighted by Crippen LogP contribution is -2.23. The fourth-order valence-electron chi connectivity index (χ4n) is 2.02. The van der Waals surface area contributed by atoms with Gasteiger partial charge in [-0.15, -0.1) is 0 Å². The van der Waals surface area contributed by atoms with Crippen molar-refractivity contribution in [3.8, 4) is 11.8 Å². The van der Waals surface area contributed by atoms with Crippen LogP contribution >= 0.6 is 0 Å². The van der Waals surface area contributed by atoms with Crippen LogP contribution in [0.5, 0.6) is 5.75 Å². The van der Waals surface area contributed by atoms with E-state index in [-0.39, 0.29) is 5.91 Å². The minimum atomic E-state index is -0.779. The minimum absolute atomic E-state index is 0.326. The van der Waals surface area contributed by atoms with Crippen LogP contribution in [0, 0.1) is 17.2 Å². The summed E-state index contributed by atoms with van der Waals surface area (Å²) in [6, 6.07) is 12.8. The predicted octanol–water partition coefficient (Wildman–Crippen LogP) is 2.80. The van der Waals surface area contributed by atoms with Crippen LogP contribution in [0.15, 0.2) is 48.8 Å². The van der Waals surface area contributed by atoms with E-state index in [0.29, 0.717) is 24.5 Å². The van der Waals surface area contributed by atoms with Crippen LogP contribution in [0.4, 0.5) is 5.69 Å². The van der Waals surface area contributed by atoms with Gasteiger partial charge in [0, 0.05) is 12.4 Å². The molecule has 1 amide bonds. The van der Waals surface area contributed by atoms with Gasteiger partial charge < -0.3 is 10.1 Å². The van der Waals surface area contributed by atoms with Gasteiger partial charge in [-0.1, -0.05) is 18.2 Å². The molecule has 5 heteroatoms. The van der Waals surface area contributed by atoms with E-state index in [2.05, 4.69) is 10.3 Å². The first-order chi connectivity index (χ1) is 10.7. The molecule has 0 spiro atoms. The first-order valence-electron chi connectivity index (χ1n) is 7.05. The van der Waals surface area contributed by atoms with E-state index < -0.39 is 5.92 Å². The van der Waals surface area contributed by atoms with Crippen LogP contribution in [0.25, 0.3) is 0 Å². The predicted molar refractivity (Wildman–Crippen MR) is 83.3 cm³/mol. The summed E-state index contributed by atoms with van der Waals surface area (Å²) in [7, 11) is 0. The molecule has 5 nitrogen and oxygen atoms in total. The van der Waals surface area contributed by atoms with Gasteiger partial charge in [-0.3, -0.25) is 9.78 Å². The monoisotopic (exact) mass is 295 g/mol. The van der Waals surface area contributed by atoms with E-state index in [1.807, 2.05) is 25.1 Å². The molecule has 1 N–H and O–H groups in total. The molecule has 0 aliphatic rings. The number of pyridine rings is 1. The number of aromatic nitrogens is 1. The number of nitrogens with one attached hydrogen (secondary N) is 1. The Kier molecular flexibility index (Phi) is 5.50. The van der Waals surface area contributed by atoms with Gasteiger partial charge in [-0.2, -0.15) is 5.26 Å². The smallest absolute Gasteiger partial charge is 0.242 e. The fraction of sp³-hybridized carbons (Fsp3) is 0.235. The molecule has 0 saturated heterocycles. The van der Waals surface area contributed by atoms with Crippen molar-refractivity contribution in [1.82, 2.24) is 4.98 Å². The molecule has 0 aliphatic heterocycles. The third-order valence-corrected chi connectivity index (χ3v) is 3.08. The number of nitrogens with zero attached hydrogens (tertiary/aromatic N) is 2. The molecule has 0 aliphatic carbocycles. The molecule has 1 unspecified atom stereocenters. The first-order valence-corrected chi connectivity index (χ1v) is 7.05. The summed E-state index contributed by atoms with van der Waals surface area (Å²) >= 11 is 0. The van der Waals surface area contributed by atoms with Gasteiger partial charge >= 0.3 is 0 Å². The zero-order valence-corrected chi connectivity index (χ0v) is 12.3. The van der Waals surface area contributed by atoms with Crippen LogP contribution in [-0.4, -0.2) is 17.5 Å². The fourth-order valence-corrected chi connectivity index (χ4v) is 2.02. The topological polar surface area (TPSA) is 75.0 Å². The van der Waals surface area contributed by atoms with Gasteiger partial charge in [0.25, 0.3) is 0 Å². The largest absolute Gasteiger partial charge is 0.492 e. The highest BCUT2D eigenvalue weighted by Gasteiger charge is 2.19. The SMILES string of the molecule is CCOc1ccccc1NC(=O)C(C#N)Cc1cccnc1. The molecule has 1 aromatic heterocycles. The lowest BCUT2D eigenvalue weighted by molar-refractivity contribution is -0.118. The van der Waals surface area contributed by atoms with E-state index >= 15 is 0 Å². The molecule has 0 saturated carbocycles. The van der Waals surface area contributed by atoms with Gasteiger partial charge in [0.15, 0.2) is 0 Å². The quantitative estimate of drug-likeness (QED) is 0.889. The Labute approximate surface area is 129 Å². The second-order valence-electron chi connectivity index (χ2n) is 4.67. The lowest BCUT2D eigenvalue weighted by Gasteiger charge is -2.13. The number of carbonyl (C=O) groups is 1. The standard InChI is InChI=1S/C17H17N3O2/c1-2-22-16-8-4-3-7-15(16)20-17(21)14(11-18)10-13-6-5-9-19-12-13/h3-9,12,14H,2,10H2,1H3,(H,20,21). The Morgan fingerprint density at radius 1 is 1.36 bits per heavy atom. The average Bonchev–Trinajstić information content (AvgIpc) is 2.55. The number of para-hydroxylation sites is 2. The second-order valence-corrected chi connectivity index (χ2v) is 4.67. The van der Waals surface area contributed by atoms with Crippen molar-refractivity contribution in [1.29, 1.82) is 5.26 Å². The molecule has 1 atom stereocenters. The lowest BCUT2D eigenvalue weighted by atomic mass is 10.0. The number of carbonyl (C=O) groups excluding carboxylic acids is 1. The number of ether oxygens (including phenoxy) is 1. The Balaban J connectivity index is 2.08. The van der Waals surface area contributed by atoms with Gasteiger partial charge in [-0.05, 0) is 37.1 Å². The molecule has 0 radical (unpaired) electrons. The number of anilines is 1. The van der Waals surface area contributed by atoms with Crippen molar-refractivity contribution in [3.63, 3.8) is 0 Å². The summed E-state index contributed by atoms with van der Waals surface area (Å²) in [6.07, 6.45) is 3.64. The number of nitriles is 1. The number of rotatable bonds is 6. The zero-order chi connectivity index (χ0) is 15.8. The van der Waals surface area contributed by atoms with Crippen molar-refractivity contribution in [2.24, 2.45) is 5.92 Å².